The molecule has 102 valence electrons. The molecule has 0 bridgehead atoms. The van der Waals surface area contributed by atoms with Crippen molar-refractivity contribution < 1.29 is 0 Å². The first-order chi connectivity index (χ1) is 8.08. The van der Waals surface area contributed by atoms with Crippen molar-refractivity contribution in [2.75, 3.05) is 13.1 Å². The third kappa shape index (κ3) is 4.99. The third-order valence-corrected chi connectivity index (χ3v) is 4.49. The molecule has 1 heteroatoms. The molecule has 0 spiro atoms. The third-order valence-electron chi connectivity index (χ3n) is 4.49. The van der Waals surface area contributed by atoms with Crippen LogP contribution in [0, 0.1) is 17.3 Å². The van der Waals surface area contributed by atoms with Gasteiger partial charge >= 0.3 is 0 Å². The van der Waals surface area contributed by atoms with Crippen LogP contribution < -0.4 is 5.32 Å². The van der Waals surface area contributed by atoms with E-state index in [1.165, 1.54) is 58.0 Å². The summed E-state index contributed by atoms with van der Waals surface area (Å²) in [6, 6.07) is 0. The van der Waals surface area contributed by atoms with Crippen LogP contribution in [0.4, 0.5) is 0 Å². The van der Waals surface area contributed by atoms with Gasteiger partial charge in [0.05, 0.1) is 0 Å². The van der Waals surface area contributed by atoms with Gasteiger partial charge in [-0.05, 0) is 43.1 Å². The van der Waals surface area contributed by atoms with Crippen molar-refractivity contribution in [1.82, 2.24) is 5.32 Å². The molecule has 0 aromatic heterocycles. The molecular formula is C16H33N. The lowest BCUT2D eigenvalue weighted by molar-refractivity contribution is 0.120. The van der Waals surface area contributed by atoms with Crippen molar-refractivity contribution in [3.63, 3.8) is 0 Å². The highest BCUT2D eigenvalue weighted by Crippen LogP contribution is 2.41. The molecule has 0 heterocycles. The van der Waals surface area contributed by atoms with E-state index in [9.17, 15) is 0 Å². The fourth-order valence-electron chi connectivity index (χ4n) is 3.45. The van der Waals surface area contributed by atoms with Crippen LogP contribution in [0.5, 0.6) is 0 Å². The van der Waals surface area contributed by atoms with Crippen molar-refractivity contribution in [3.8, 4) is 0 Å². The van der Waals surface area contributed by atoms with Crippen molar-refractivity contribution in [1.29, 1.82) is 0 Å². The minimum atomic E-state index is 0.546. The molecule has 1 nitrogen and oxygen atoms in total. The summed E-state index contributed by atoms with van der Waals surface area (Å²) < 4.78 is 0. The van der Waals surface area contributed by atoms with E-state index in [1.54, 1.807) is 0 Å². The van der Waals surface area contributed by atoms with Gasteiger partial charge in [-0.15, -0.1) is 0 Å². The van der Waals surface area contributed by atoms with E-state index < -0.39 is 0 Å². The lowest BCUT2D eigenvalue weighted by atomic mass is 9.67. The Balaban J connectivity index is 2.47. The Hall–Kier alpha value is -0.0400. The molecule has 1 aliphatic carbocycles. The van der Waals surface area contributed by atoms with Crippen molar-refractivity contribution in [2.24, 2.45) is 17.3 Å². The summed E-state index contributed by atoms with van der Waals surface area (Å²) in [5, 5.41) is 3.71. The van der Waals surface area contributed by atoms with E-state index in [1.807, 2.05) is 0 Å². The van der Waals surface area contributed by atoms with Gasteiger partial charge in [-0.2, -0.15) is 0 Å². The Labute approximate surface area is 109 Å². The van der Waals surface area contributed by atoms with Crippen LogP contribution in [-0.4, -0.2) is 13.1 Å². The largest absolute Gasteiger partial charge is 0.316 e. The first kappa shape index (κ1) is 15.0. The Morgan fingerprint density at radius 2 is 1.82 bits per heavy atom. The summed E-state index contributed by atoms with van der Waals surface area (Å²) in [4.78, 5) is 0. The van der Waals surface area contributed by atoms with Crippen LogP contribution in [0.2, 0.25) is 0 Å². The highest BCUT2D eigenvalue weighted by Gasteiger charge is 2.33. The SMILES string of the molecule is CCCC(C)(CNCC(C)C)C1CCCCC1. The lowest BCUT2D eigenvalue weighted by Gasteiger charge is -2.40. The summed E-state index contributed by atoms with van der Waals surface area (Å²) in [5.41, 5.74) is 0.546. The van der Waals surface area contributed by atoms with Crippen molar-refractivity contribution in [2.45, 2.75) is 72.6 Å². The van der Waals surface area contributed by atoms with Gasteiger partial charge in [-0.1, -0.05) is 53.4 Å². The maximum Gasteiger partial charge on any atom is 0.000792 e. The van der Waals surface area contributed by atoms with Crippen LogP contribution in [0.3, 0.4) is 0 Å². The van der Waals surface area contributed by atoms with Crippen LogP contribution in [0.1, 0.15) is 72.6 Å². The van der Waals surface area contributed by atoms with Gasteiger partial charge in [0.2, 0.25) is 0 Å². The van der Waals surface area contributed by atoms with Crippen LogP contribution in [-0.2, 0) is 0 Å². The van der Waals surface area contributed by atoms with Gasteiger partial charge < -0.3 is 5.32 Å². The molecule has 1 atom stereocenters. The van der Waals surface area contributed by atoms with Crippen LogP contribution >= 0.6 is 0 Å². The van der Waals surface area contributed by atoms with E-state index in [4.69, 9.17) is 0 Å². The second-order valence-electron chi connectivity index (χ2n) is 6.76. The molecule has 1 N–H and O–H groups in total. The van der Waals surface area contributed by atoms with E-state index in [0.29, 0.717) is 5.41 Å². The summed E-state index contributed by atoms with van der Waals surface area (Å²) in [5.74, 6) is 1.74. The van der Waals surface area contributed by atoms with Gasteiger partial charge in [-0.3, -0.25) is 0 Å². The Morgan fingerprint density at radius 1 is 1.18 bits per heavy atom. The van der Waals surface area contributed by atoms with E-state index >= 15 is 0 Å². The molecule has 1 saturated carbocycles. The molecule has 1 aliphatic rings. The van der Waals surface area contributed by atoms with Crippen molar-refractivity contribution in [3.05, 3.63) is 0 Å². The topological polar surface area (TPSA) is 12.0 Å². The molecule has 1 unspecified atom stereocenters. The van der Waals surface area contributed by atoms with Crippen LogP contribution in [0.15, 0.2) is 0 Å². The smallest absolute Gasteiger partial charge is 0.000792 e. The molecular weight excluding hydrogens is 206 g/mol. The molecule has 1 fully saturated rings. The maximum absolute atomic E-state index is 3.71. The van der Waals surface area contributed by atoms with E-state index in [2.05, 4.69) is 33.0 Å². The summed E-state index contributed by atoms with van der Waals surface area (Å²) in [6.07, 6.45) is 10.1. The van der Waals surface area contributed by atoms with Gasteiger partial charge in [0.1, 0.15) is 0 Å². The highest BCUT2D eigenvalue weighted by molar-refractivity contribution is 4.86. The van der Waals surface area contributed by atoms with Gasteiger partial charge in [-0.25, -0.2) is 0 Å². The minimum absolute atomic E-state index is 0.546. The molecule has 0 amide bonds. The zero-order valence-electron chi connectivity index (χ0n) is 12.5. The Morgan fingerprint density at radius 3 is 2.35 bits per heavy atom. The summed E-state index contributed by atoms with van der Waals surface area (Å²) in [7, 11) is 0. The molecule has 1 rings (SSSR count). The molecule has 0 aliphatic heterocycles. The first-order valence-electron chi connectivity index (χ1n) is 7.79. The second kappa shape index (κ2) is 7.41. The first-order valence-corrected chi connectivity index (χ1v) is 7.79. The maximum atomic E-state index is 3.71. The molecule has 0 radical (unpaired) electrons. The molecule has 0 saturated heterocycles. The summed E-state index contributed by atoms with van der Waals surface area (Å²) in [6.45, 7) is 11.9. The molecule has 0 aromatic carbocycles. The number of nitrogens with one attached hydrogen (secondary N) is 1. The Kier molecular flexibility index (Phi) is 6.54. The normalized spacial score (nSPS) is 21.7. The standard InChI is InChI=1S/C16H33N/c1-5-11-16(4,13-17-12-14(2)3)15-9-7-6-8-10-15/h14-15,17H,5-13H2,1-4H3. The quantitative estimate of drug-likeness (QED) is 0.683. The minimum Gasteiger partial charge on any atom is -0.316 e. The lowest BCUT2D eigenvalue weighted by Crippen LogP contribution is -2.40. The monoisotopic (exact) mass is 239 g/mol. The fourth-order valence-corrected chi connectivity index (χ4v) is 3.45. The number of hydrogen-bond donors (Lipinski definition) is 1. The predicted octanol–water partition coefficient (Wildman–Crippen LogP) is 4.62. The average molecular weight is 239 g/mol. The summed E-state index contributed by atoms with van der Waals surface area (Å²) >= 11 is 0. The van der Waals surface area contributed by atoms with E-state index in [0.717, 1.165) is 11.8 Å². The zero-order valence-corrected chi connectivity index (χ0v) is 12.5. The Bertz CT molecular complexity index is 194. The van der Waals surface area contributed by atoms with Gasteiger partial charge in [0.15, 0.2) is 0 Å². The highest BCUT2D eigenvalue weighted by atomic mass is 14.9. The van der Waals surface area contributed by atoms with E-state index in [-0.39, 0.29) is 0 Å². The van der Waals surface area contributed by atoms with Crippen molar-refractivity contribution >= 4 is 0 Å². The number of hydrogen-bond acceptors (Lipinski definition) is 1. The second-order valence-corrected chi connectivity index (χ2v) is 6.76. The van der Waals surface area contributed by atoms with Crippen LogP contribution in [0.25, 0.3) is 0 Å². The van der Waals surface area contributed by atoms with Gasteiger partial charge in [0, 0.05) is 6.54 Å². The number of rotatable bonds is 7. The zero-order chi connectivity index (χ0) is 12.7. The molecule has 17 heavy (non-hydrogen) atoms. The fraction of sp³-hybridized carbons (Fsp3) is 1.00. The predicted molar refractivity (Wildman–Crippen MR) is 77.3 cm³/mol. The average Bonchev–Trinajstić information content (AvgIpc) is 2.30. The van der Waals surface area contributed by atoms with Gasteiger partial charge in [0.25, 0.3) is 0 Å². The molecule has 0 aromatic rings.